The van der Waals surface area contributed by atoms with Crippen molar-refractivity contribution in [3.63, 3.8) is 0 Å². The van der Waals surface area contributed by atoms with Crippen LogP contribution in [-0.2, 0) is 22.4 Å². The van der Waals surface area contributed by atoms with Gasteiger partial charge in [0.05, 0.1) is 0 Å². The van der Waals surface area contributed by atoms with Crippen LogP contribution < -0.4 is 80.9 Å². The molecule has 5 heavy (non-hydrogen) atoms. The smallest absolute Gasteiger partial charge is 1.00 e. The summed E-state index contributed by atoms with van der Waals surface area (Å²) in [7, 11) is 0. The molecule has 0 unspecified atom stereocenters. The normalized spacial score (nSPS) is 0.400. The Bertz CT molecular complexity index is 22.4. The summed E-state index contributed by atoms with van der Waals surface area (Å²) in [5.41, 5.74) is 0. The molecule has 0 fully saturated rings. The third-order valence-corrected chi connectivity index (χ3v) is 0. The molecule has 1 radical (unpaired) electrons. The summed E-state index contributed by atoms with van der Waals surface area (Å²) in [5, 5.41) is 6.50. The van der Waals surface area contributed by atoms with Crippen LogP contribution in [0.4, 0.5) is 0 Å². The van der Waals surface area contributed by atoms with Gasteiger partial charge in [0.15, 0.2) is 0 Å². The second-order valence-electron chi connectivity index (χ2n) is 0. The van der Waals surface area contributed by atoms with Crippen LogP contribution in [0.15, 0.2) is 0 Å². The molecule has 0 aliphatic heterocycles. The molecular formula is CH3AuKNNa. The van der Waals surface area contributed by atoms with E-state index in [1.165, 1.54) is 0 Å². The Morgan fingerprint density at radius 1 is 1.40 bits per heavy atom. The van der Waals surface area contributed by atoms with E-state index in [0.29, 0.717) is 0 Å². The fourth-order valence-electron chi connectivity index (χ4n) is 0. The molecule has 0 aromatic heterocycles. The van der Waals surface area contributed by atoms with E-state index < -0.39 is 0 Å². The standard InChI is InChI=1S/CHN.Au.K.Na.2H/c1-2;;;;;/h1H;;;;;/q;;2*+1;2*-1. The van der Waals surface area contributed by atoms with Gasteiger partial charge in [0.25, 0.3) is 0 Å². The molecule has 25 valence electrons. The predicted molar refractivity (Wildman–Crippen MR) is 8.89 cm³/mol. The molecule has 0 aliphatic carbocycles. The molecule has 0 aromatic carbocycles. The zero-order valence-corrected chi connectivity index (χ0v) is 10.6. The minimum Gasteiger partial charge on any atom is -1.00 e. The molecule has 1 nitrogen and oxygen atoms in total. The van der Waals surface area contributed by atoms with E-state index in [0.717, 1.165) is 0 Å². The molecule has 0 spiro atoms. The maximum absolute atomic E-state index is 6.50. The van der Waals surface area contributed by atoms with Gasteiger partial charge in [-0.2, -0.15) is 0 Å². The Kier molecular flexibility index (Phi) is 143. The van der Waals surface area contributed by atoms with Crippen LogP contribution in [0.3, 0.4) is 0 Å². The SMILES string of the molecule is C#N.[Au].[H-].[H-].[K+].[Na+]. The van der Waals surface area contributed by atoms with Crippen molar-refractivity contribution in [2.45, 2.75) is 0 Å². The van der Waals surface area contributed by atoms with Gasteiger partial charge in [0, 0.05) is 29.0 Å². The molecule has 0 aromatic rings. The van der Waals surface area contributed by atoms with E-state index in [-0.39, 0.29) is 106 Å². The quantitative estimate of drug-likeness (QED) is 0.408. The molecule has 0 heterocycles. The third-order valence-electron chi connectivity index (χ3n) is 0. The Morgan fingerprint density at radius 3 is 1.40 bits per heavy atom. The molecule has 0 bridgehead atoms. The molecule has 0 amide bonds. The molecule has 4 heteroatoms. The van der Waals surface area contributed by atoms with Gasteiger partial charge < -0.3 is 2.85 Å². The zero-order valence-electron chi connectivity index (χ0n) is 5.33. The van der Waals surface area contributed by atoms with Gasteiger partial charge in [-0.25, -0.2) is 5.26 Å². The largest absolute Gasteiger partial charge is 1.00 e. The van der Waals surface area contributed by atoms with E-state index in [9.17, 15) is 0 Å². The first-order valence-electron chi connectivity index (χ1n) is 0.258. The number of hydrogen-bond donors (Lipinski definition) is 0. The van der Waals surface area contributed by atoms with Gasteiger partial charge in [0.2, 0.25) is 0 Å². The van der Waals surface area contributed by atoms with Crippen molar-refractivity contribution in [1.82, 2.24) is 0 Å². The van der Waals surface area contributed by atoms with Gasteiger partial charge >= 0.3 is 80.9 Å². The Hall–Kier alpha value is 2.87. The molecule has 0 aliphatic rings. The van der Waals surface area contributed by atoms with Gasteiger partial charge in [0.1, 0.15) is 0 Å². The molecule has 0 saturated carbocycles. The number of rotatable bonds is 0. The predicted octanol–water partition coefficient (Wildman–Crippen LogP) is -5.63. The summed E-state index contributed by atoms with van der Waals surface area (Å²) in [6.45, 7) is 3.50. The average Bonchev–Trinajstić information content (AvgIpc) is 1.00. The first-order chi connectivity index (χ1) is 1.00. The van der Waals surface area contributed by atoms with Crippen molar-refractivity contribution in [2.75, 3.05) is 0 Å². The molecule has 0 N–H and O–H groups in total. The summed E-state index contributed by atoms with van der Waals surface area (Å²) >= 11 is 0. The van der Waals surface area contributed by atoms with Crippen molar-refractivity contribution < 1.29 is 106 Å². The van der Waals surface area contributed by atoms with Crippen molar-refractivity contribution in [3.8, 4) is 6.57 Å². The van der Waals surface area contributed by atoms with Gasteiger partial charge in [-0.15, -0.1) is 0 Å². The summed E-state index contributed by atoms with van der Waals surface area (Å²) in [5.74, 6) is 0. The topological polar surface area (TPSA) is 23.8 Å². The summed E-state index contributed by atoms with van der Waals surface area (Å²) in [4.78, 5) is 0. The van der Waals surface area contributed by atoms with Gasteiger partial charge in [-0.3, -0.25) is 0 Å². The third kappa shape index (κ3) is 19.8. The van der Waals surface area contributed by atoms with Crippen LogP contribution in [0.25, 0.3) is 0 Å². The minimum absolute atomic E-state index is 0. The maximum atomic E-state index is 6.50. The van der Waals surface area contributed by atoms with Crippen molar-refractivity contribution in [3.05, 3.63) is 0 Å². The van der Waals surface area contributed by atoms with Gasteiger partial charge in [-0.1, -0.05) is 0 Å². The monoisotopic (exact) mass is 288 g/mol. The zero-order chi connectivity index (χ0) is 2.00. The van der Waals surface area contributed by atoms with Crippen LogP contribution in [-0.4, -0.2) is 0 Å². The molecule has 0 rings (SSSR count). The number of hydrogen-bond acceptors (Lipinski definition) is 1. The van der Waals surface area contributed by atoms with E-state index in [2.05, 4.69) is 6.57 Å². The van der Waals surface area contributed by atoms with Crippen LogP contribution in [0.2, 0.25) is 0 Å². The Balaban J connectivity index is -0.000000000500. The number of nitrogens with zero attached hydrogens (tertiary/aromatic N) is 1. The van der Waals surface area contributed by atoms with E-state index in [1.807, 2.05) is 0 Å². The Morgan fingerprint density at radius 2 is 1.40 bits per heavy atom. The fraction of sp³-hybridized carbons (Fsp3) is 0. The minimum atomic E-state index is 0. The summed E-state index contributed by atoms with van der Waals surface area (Å²) in [6, 6.07) is 0. The van der Waals surface area contributed by atoms with Crippen LogP contribution in [0.5, 0.6) is 0 Å². The van der Waals surface area contributed by atoms with E-state index in [1.54, 1.807) is 0 Å². The van der Waals surface area contributed by atoms with Crippen LogP contribution >= 0.6 is 0 Å². The second kappa shape index (κ2) is 28.8. The van der Waals surface area contributed by atoms with Crippen molar-refractivity contribution in [1.29, 1.82) is 5.26 Å². The summed E-state index contributed by atoms with van der Waals surface area (Å²) < 4.78 is 0. The molecule has 0 atom stereocenters. The molecular weight excluding hydrogens is 285 g/mol. The van der Waals surface area contributed by atoms with E-state index >= 15 is 0 Å². The fourth-order valence-corrected chi connectivity index (χ4v) is 0. The average molecular weight is 288 g/mol. The first-order valence-corrected chi connectivity index (χ1v) is 0.258. The Labute approximate surface area is 115 Å². The van der Waals surface area contributed by atoms with Crippen LogP contribution in [0.1, 0.15) is 2.85 Å². The molecule has 0 saturated heterocycles. The second-order valence-corrected chi connectivity index (χ2v) is 0. The van der Waals surface area contributed by atoms with Gasteiger partial charge in [-0.05, 0) is 0 Å². The summed E-state index contributed by atoms with van der Waals surface area (Å²) in [6.07, 6.45) is 0. The van der Waals surface area contributed by atoms with E-state index in [4.69, 9.17) is 5.26 Å². The first kappa shape index (κ1) is 24.8. The van der Waals surface area contributed by atoms with Crippen molar-refractivity contribution in [2.24, 2.45) is 0 Å². The maximum Gasteiger partial charge on any atom is 1.00 e. The van der Waals surface area contributed by atoms with Crippen molar-refractivity contribution >= 4 is 0 Å². The van der Waals surface area contributed by atoms with Crippen LogP contribution in [0, 0.1) is 11.8 Å². The number of nitriles is 1.